The maximum absolute atomic E-state index is 11.6. The van der Waals surface area contributed by atoms with Gasteiger partial charge in [-0.1, -0.05) is 11.6 Å². The fraction of sp³-hybridized carbons (Fsp3) is 0. The van der Waals surface area contributed by atoms with Gasteiger partial charge >= 0.3 is 0 Å². The SMILES string of the molecule is O=C(c1ccoc1)c1ccc(Cl)s1. The van der Waals surface area contributed by atoms with Gasteiger partial charge in [0.1, 0.15) is 6.26 Å². The lowest BCUT2D eigenvalue weighted by Crippen LogP contribution is -1.94. The Morgan fingerprint density at radius 2 is 2.23 bits per heavy atom. The van der Waals surface area contributed by atoms with E-state index in [9.17, 15) is 4.79 Å². The average Bonchev–Trinajstić information content (AvgIpc) is 2.72. The Bertz CT molecular complexity index is 417. The normalized spacial score (nSPS) is 10.2. The zero-order valence-electron chi connectivity index (χ0n) is 6.49. The number of ketones is 1. The molecule has 0 aromatic carbocycles. The van der Waals surface area contributed by atoms with Crippen LogP contribution in [0.1, 0.15) is 15.2 Å². The van der Waals surface area contributed by atoms with Crippen LogP contribution in [0.5, 0.6) is 0 Å². The first-order valence-corrected chi connectivity index (χ1v) is 4.79. The van der Waals surface area contributed by atoms with Crippen LogP contribution in [0.15, 0.2) is 35.1 Å². The molecule has 0 aliphatic rings. The van der Waals surface area contributed by atoms with Gasteiger partial charge in [-0.2, -0.15) is 0 Å². The molecule has 2 heterocycles. The molecule has 2 aromatic rings. The molecule has 0 aliphatic heterocycles. The number of rotatable bonds is 2. The Balaban J connectivity index is 2.33. The van der Waals surface area contributed by atoms with E-state index in [1.165, 1.54) is 23.9 Å². The fourth-order valence-electron chi connectivity index (χ4n) is 0.972. The van der Waals surface area contributed by atoms with Gasteiger partial charge in [-0.25, -0.2) is 0 Å². The summed E-state index contributed by atoms with van der Waals surface area (Å²) in [7, 11) is 0. The van der Waals surface area contributed by atoms with E-state index in [2.05, 4.69) is 0 Å². The molecule has 0 saturated carbocycles. The van der Waals surface area contributed by atoms with Crippen molar-refractivity contribution in [1.82, 2.24) is 0 Å². The average molecular weight is 213 g/mol. The lowest BCUT2D eigenvalue weighted by molar-refractivity contribution is 0.104. The molecular formula is C9H5ClO2S. The summed E-state index contributed by atoms with van der Waals surface area (Å²) in [5, 5.41) is 0. The molecule has 0 unspecified atom stereocenters. The van der Waals surface area contributed by atoms with E-state index >= 15 is 0 Å². The minimum atomic E-state index is -0.0503. The molecule has 0 aliphatic carbocycles. The van der Waals surface area contributed by atoms with Crippen LogP contribution in [0.3, 0.4) is 0 Å². The fourth-order valence-corrected chi connectivity index (χ4v) is 1.98. The van der Waals surface area contributed by atoms with Gasteiger partial charge in [0.15, 0.2) is 0 Å². The van der Waals surface area contributed by atoms with Crippen molar-refractivity contribution < 1.29 is 9.21 Å². The number of halogens is 1. The summed E-state index contributed by atoms with van der Waals surface area (Å²) in [4.78, 5) is 12.2. The highest BCUT2D eigenvalue weighted by molar-refractivity contribution is 7.18. The molecule has 66 valence electrons. The smallest absolute Gasteiger partial charge is 0.206 e. The molecule has 13 heavy (non-hydrogen) atoms. The second-order valence-corrected chi connectivity index (χ2v) is 4.16. The van der Waals surface area contributed by atoms with Crippen molar-refractivity contribution in [2.45, 2.75) is 0 Å². The first kappa shape index (κ1) is 8.53. The van der Waals surface area contributed by atoms with Crippen LogP contribution < -0.4 is 0 Å². The summed E-state index contributed by atoms with van der Waals surface area (Å²) in [6, 6.07) is 5.05. The van der Waals surface area contributed by atoms with E-state index < -0.39 is 0 Å². The van der Waals surface area contributed by atoms with Crippen molar-refractivity contribution in [3.05, 3.63) is 45.5 Å². The monoisotopic (exact) mass is 212 g/mol. The standard InChI is InChI=1S/C9H5ClO2S/c10-8-2-1-7(13-8)9(11)6-3-4-12-5-6/h1-5H. The summed E-state index contributed by atoms with van der Waals surface area (Å²) in [5.41, 5.74) is 0.554. The van der Waals surface area contributed by atoms with Gasteiger partial charge in [0.2, 0.25) is 5.78 Å². The Morgan fingerprint density at radius 1 is 1.38 bits per heavy atom. The van der Waals surface area contributed by atoms with Crippen LogP contribution in [0.25, 0.3) is 0 Å². The molecule has 2 rings (SSSR count). The van der Waals surface area contributed by atoms with Crippen LogP contribution >= 0.6 is 22.9 Å². The van der Waals surface area contributed by atoms with Gasteiger partial charge in [-0.05, 0) is 18.2 Å². The second-order valence-electron chi connectivity index (χ2n) is 2.44. The number of hydrogen-bond donors (Lipinski definition) is 0. The highest BCUT2D eigenvalue weighted by atomic mass is 35.5. The van der Waals surface area contributed by atoms with Crippen molar-refractivity contribution >= 4 is 28.7 Å². The van der Waals surface area contributed by atoms with Gasteiger partial charge in [-0.15, -0.1) is 11.3 Å². The molecule has 2 aromatic heterocycles. The Labute approximate surface area is 83.8 Å². The highest BCUT2D eigenvalue weighted by Crippen LogP contribution is 2.23. The molecule has 0 bridgehead atoms. The predicted octanol–water partition coefficient (Wildman–Crippen LogP) is 3.23. The van der Waals surface area contributed by atoms with E-state index in [1.807, 2.05) is 0 Å². The van der Waals surface area contributed by atoms with Crippen molar-refractivity contribution in [2.24, 2.45) is 0 Å². The van der Waals surface area contributed by atoms with Crippen LogP contribution in [-0.4, -0.2) is 5.78 Å². The van der Waals surface area contributed by atoms with Gasteiger partial charge in [0, 0.05) is 0 Å². The Kier molecular flexibility index (Phi) is 2.20. The molecular weight excluding hydrogens is 208 g/mol. The number of hydrogen-bond acceptors (Lipinski definition) is 3. The Hall–Kier alpha value is -1.06. The molecule has 0 radical (unpaired) electrons. The minimum absolute atomic E-state index is 0.0503. The first-order valence-electron chi connectivity index (χ1n) is 3.59. The predicted molar refractivity (Wildman–Crippen MR) is 51.5 cm³/mol. The molecule has 4 heteroatoms. The van der Waals surface area contributed by atoms with Crippen LogP contribution in [0.4, 0.5) is 0 Å². The van der Waals surface area contributed by atoms with Crippen LogP contribution in [-0.2, 0) is 0 Å². The summed E-state index contributed by atoms with van der Waals surface area (Å²) >= 11 is 6.98. The van der Waals surface area contributed by atoms with E-state index in [0.717, 1.165) is 0 Å². The first-order chi connectivity index (χ1) is 6.27. The zero-order valence-corrected chi connectivity index (χ0v) is 8.06. The summed E-state index contributed by atoms with van der Waals surface area (Å²) < 4.78 is 5.43. The largest absolute Gasteiger partial charge is 0.472 e. The topological polar surface area (TPSA) is 30.2 Å². The third-order valence-electron chi connectivity index (χ3n) is 1.58. The number of furan rings is 1. The Morgan fingerprint density at radius 3 is 2.77 bits per heavy atom. The lowest BCUT2D eigenvalue weighted by Gasteiger charge is -1.89. The quantitative estimate of drug-likeness (QED) is 0.716. The summed E-state index contributed by atoms with van der Waals surface area (Å²) in [5.74, 6) is -0.0503. The second kappa shape index (κ2) is 3.36. The van der Waals surface area contributed by atoms with Gasteiger partial charge < -0.3 is 4.42 Å². The third kappa shape index (κ3) is 1.66. The molecule has 0 saturated heterocycles. The van der Waals surface area contributed by atoms with Crippen molar-refractivity contribution in [3.63, 3.8) is 0 Å². The molecule has 0 N–H and O–H groups in total. The highest BCUT2D eigenvalue weighted by Gasteiger charge is 2.11. The van der Waals surface area contributed by atoms with E-state index in [-0.39, 0.29) is 5.78 Å². The summed E-state index contributed by atoms with van der Waals surface area (Å²) in [6.07, 6.45) is 2.90. The van der Waals surface area contributed by atoms with E-state index in [4.69, 9.17) is 16.0 Å². The van der Waals surface area contributed by atoms with Crippen molar-refractivity contribution in [3.8, 4) is 0 Å². The maximum atomic E-state index is 11.6. The molecule has 0 spiro atoms. The maximum Gasteiger partial charge on any atom is 0.206 e. The number of carbonyl (C=O) groups excluding carboxylic acids is 1. The van der Waals surface area contributed by atoms with Crippen LogP contribution in [0.2, 0.25) is 4.34 Å². The minimum Gasteiger partial charge on any atom is -0.472 e. The van der Waals surface area contributed by atoms with Gasteiger partial charge in [-0.3, -0.25) is 4.79 Å². The third-order valence-corrected chi connectivity index (χ3v) is 2.81. The lowest BCUT2D eigenvalue weighted by atomic mass is 10.2. The van der Waals surface area contributed by atoms with Crippen LogP contribution in [0, 0.1) is 0 Å². The van der Waals surface area contributed by atoms with Crippen molar-refractivity contribution in [2.75, 3.05) is 0 Å². The van der Waals surface area contributed by atoms with E-state index in [0.29, 0.717) is 14.8 Å². The number of carbonyl (C=O) groups is 1. The molecule has 0 amide bonds. The van der Waals surface area contributed by atoms with Crippen molar-refractivity contribution in [1.29, 1.82) is 0 Å². The van der Waals surface area contributed by atoms with E-state index in [1.54, 1.807) is 18.2 Å². The molecule has 2 nitrogen and oxygen atoms in total. The molecule has 0 fully saturated rings. The van der Waals surface area contributed by atoms with Gasteiger partial charge in [0.05, 0.1) is 21.0 Å². The zero-order chi connectivity index (χ0) is 9.26. The molecule has 0 atom stereocenters. The summed E-state index contributed by atoms with van der Waals surface area (Å²) in [6.45, 7) is 0. The number of thiophene rings is 1. The van der Waals surface area contributed by atoms with Gasteiger partial charge in [0.25, 0.3) is 0 Å².